The number of aromatic nitrogens is 2. The van der Waals surface area contributed by atoms with Crippen molar-refractivity contribution in [3.05, 3.63) is 21.5 Å². The minimum absolute atomic E-state index is 0.0152. The van der Waals surface area contributed by atoms with E-state index in [0.717, 1.165) is 0 Å². The van der Waals surface area contributed by atoms with Crippen LogP contribution in [0.15, 0.2) is 10.8 Å². The van der Waals surface area contributed by atoms with Crippen molar-refractivity contribution in [1.29, 1.82) is 0 Å². The molecule has 2 aromatic heterocycles. The lowest BCUT2D eigenvalue weighted by Gasteiger charge is -2.15. The number of carbonyl (C=O) groups is 3. The molecular weight excluding hydrogens is 350 g/mol. The zero-order valence-corrected chi connectivity index (χ0v) is 15.1. The molecule has 7 nitrogen and oxygen atoms in total. The molecule has 0 radical (unpaired) electrons. The Morgan fingerprint density at radius 3 is 2.46 bits per heavy atom. The highest BCUT2D eigenvalue weighted by atomic mass is 32.1. The summed E-state index contributed by atoms with van der Waals surface area (Å²) in [6.07, 6.45) is -0.157. The standard InChI is InChI=1S/C15H17N3O4S2/c1-15(2,3)10(19)4-11(20)16-5-12-17-8(6-23-12)13-18-9(7-24-13)14(21)22/h6-7H,4-5H2,1-3H3,(H,16,20)(H,21,22). The summed E-state index contributed by atoms with van der Waals surface area (Å²) in [5.74, 6) is -1.54. The molecule has 0 aromatic carbocycles. The molecule has 0 fully saturated rings. The lowest BCUT2D eigenvalue weighted by atomic mass is 9.89. The van der Waals surface area contributed by atoms with Crippen LogP contribution in [-0.4, -0.2) is 32.7 Å². The summed E-state index contributed by atoms with van der Waals surface area (Å²) < 4.78 is 0. The summed E-state index contributed by atoms with van der Waals surface area (Å²) in [6.45, 7) is 5.54. The average molecular weight is 367 g/mol. The van der Waals surface area contributed by atoms with Crippen molar-refractivity contribution in [2.24, 2.45) is 5.41 Å². The van der Waals surface area contributed by atoms with Gasteiger partial charge in [-0.15, -0.1) is 22.7 Å². The highest BCUT2D eigenvalue weighted by Crippen LogP contribution is 2.25. The molecule has 0 aliphatic rings. The van der Waals surface area contributed by atoms with Crippen LogP contribution in [0.3, 0.4) is 0 Å². The van der Waals surface area contributed by atoms with Crippen molar-refractivity contribution in [2.75, 3.05) is 0 Å². The second kappa shape index (κ2) is 7.18. The van der Waals surface area contributed by atoms with E-state index < -0.39 is 11.4 Å². The molecule has 2 heterocycles. The van der Waals surface area contributed by atoms with Crippen molar-refractivity contribution < 1.29 is 19.5 Å². The van der Waals surface area contributed by atoms with Crippen molar-refractivity contribution in [1.82, 2.24) is 15.3 Å². The van der Waals surface area contributed by atoms with Crippen LogP contribution in [0.4, 0.5) is 0 Å². The topological polar surface area (TPSA) is 109 Å². The highest BCUT2D eigenvalue weighted by molar-refractivity contribution is 7.14. The molecule has 0 aliphatic carbocycles. The fourth-order valence-electron chi connectivity index (χ4n) is 1.63. The maximum Gasteiger partial charge on any atom is 0.355 e. The van der Waals surface area contributed by atoms with E-state index in [1.165, 1.54) is 28.1 Å². The molecule has 0 aliphatic heterocycles. The van der Waals surface area contributed by atoms with Gasteiger partial charge in [0.1, 0.15) is 21.5 Å². The number of thiazole rings is 2. The summed E-state index contributed by atoms with van der Waals surface area (Å²) >= 11 is 2.54. The van der Waals surface area contributed by atoms with Gasteiger partial charge in [-0.2, -0.15) is 0 Å². The Hall–Kier alpha value is -2.13. The maximum absolute atomic E-state index is 11.8. The van der Waals surface area contributed by atoms with Crippen LogP contribution in [0.2, 0.25) is 0 Å². The van der Waals surface area contributed by atoms with Crippen LogP contribution in [0.25, 0.3) is 10.7 Å². The van der Waals surface area contributed by atoms with E-state index in [2.05, 4.69) is 15.3 Å². The number of hydrogen-bond donors (Lipinski definition) is 2. The fourth-order valence-corrected chi connectivity index (χ4v) is 3.17. The monoisotopic (exact) mass is 367 g/mol. The number of aromatic carboxylic acids is 1. The zero-order chi connectivity index (χ0) is 17.9. The van der Waals surface area contributed by atoms with Gasteiger partial charge in [-0.05, 0) is 0 Å². The number of carboxylic acid groups (broad SMARTS) is 1. The zero-order valence-electron chi connectivity index (χ0n) is 13.5. The van der Waals surface area contributed by atoms with Gasteiger partial charge in [0.25, 0.3) is 0 Å². The van der Waals surface area contributed by atoms with Gasteiger partial charge < -0.3 is 10.4 Å². The van der Waals surface area contributed by atoms with E-state index in [0.29, 0.717) is 15.7 Å². The van der Waals surface area contributed by atoms with E-state index in [9.17, 15) is 14.4 Å². The van der Waals surface area contributed by atoms with Crippen molar-refractivity contribution in [3.63, 3.8) is 0 Å². The largest absolute Gasteiger partial charge is 0.476 e. The number of nitrogens with zero attached hydrogens (tertiary/aromatic N) is 2. The van der Waals surface area contributed by atoms with Gasteiger partial charge in [-0.3, -0.25) is 9.59 Å². The summed E-state index contributed by atoms with van der Waals surface area (Å²) in [5.41, 5.74) is 0.0179. The van der Waals surface area contributed by atoms with Gasteiger partial charge in [0.2, 0.25) is 5.91 Å². The Bertz CT molecular complexity index is 774. The number of carboxylic acids is 1. The average Bonchev–Trinajstić information content (AvgIpc) is 3.13. The molecule has 24 heavy (non-hydrogen) atoms. The third-order valence-electron chi connectivity index (χ3n) is 3.09. The molecule has 2 N–H and O–H groups in total. The van der Waals surface area contributed by atoms with Crippen LogP contribution in [0.1, 0.15) is 42.7 Å². The summed E-state index contributed by atoms with van der Waals surface area (Å²) in [7, 11) is 0. The SMILES string of the molecule is CC(C)(C)C(=O)CC(=O)NCc1nc(-c2nc(C(=O)O)cs2)cs1. The molecule has 0 atom stereocenters. The molecule has 2 aromatic rings. The van der Waals surface area contributed by atoms with Gasteiger partial charge in [-0.1, -0.05) is 20.8 Å². The van der Waals surface area contributed by atoms with Crippen LogP contribution >= 0.6 is 22.7 Å². The Morgan fingerprint density at radius 2 is 1.88 bits per heavy atom. The second-order valence-corrected chi connectivity index (χ2v) is 7.90. The lowest BCUT2D eigenvalue weighted by molar-refractivity contribution is -0.132. The fraction of sp³-hybridized carbons (Fsp3) is 0.400. The molecule has 0 unspecified atom stereocenters. The normalized spacial score (nSPS) is 11.3. The number of ketones is 1. The number of Topliss-reactive ketones (excluding diaryl/α,β-unsaturated/α-hetero) is 1. The van der Waals surface area contributed by atoms with Crippen molar-refractivity contribution in [3.8, 4) is 10.7 Å². The predicted molar refractivity (Wildman–Crippen MR) is 91.1 cm³/mol. The van der Waals surface area contributed by atoms with E-state index in [-0.39, 0.29) is 30.3 Å². The van der Waals surface area contributed by atoms with E-state index in [1.54, 1.807) is 26.2 Å². The highest BCUT2D eigenvalue weighted by Gasteiger charge is 2.23. The predicted octanol–water partition coefficient (Wildman–Crippen LogP) is 2.59. The minimum atomic E-state index is -1.08. The Morgan fingerprint density at radius 1 is 1.17 bits per heavy atom. The lowest BCUT2D eigenvalue weighted by Crippen LogP contribution is -2.30. The number of rotatable bonds is 6. The molecular formula is C15H17N3O4S2. The third-order valence-corrected chi connectivity index (χ3v) is 4.80. The summed E-state index contributed by atoms with van der Waals surface area (Å²) in [6, 6.07) is 0. The second-order valence-electron chi connectivity index (χ2n) is 6.10. The molecule has 0 saturated carbocycles. The number of hydrogen-bond acceptors (Lipinski definition) is 7. The maximum atomic E-state index is 11.8. The number of amides is 1. The molecule has 0 spiro atoms. The number of carbonyl (C=O) groups excluding carboxylic acids is 2. The van der Waals surface area contributed by atoms with Crippen LogP contribution in [-0.2, 0) is 16.1 Å². The van der Waals surface area contributed by atoms with Crippen molar-refractivity contribution in [2.45, 2.75) is 33.7 Å². The van der Waals surface area contributed by atoms with Crippen LogP contribution in [0, 0.1) is 5.41 Å². The van der Waals surface area contributed by atoms with E-state index in [1.807, 2.05) is 0 Å². The molecule has 0 saturated heterocycles. The minimum Gasteiger partial charge on any atom is -0.476 e. The molecule has 2 rings (SSSR count). The first-order valence-corrected chi connectivity index (χ1v) is 8.86. The molecule has 128 valence electrons. The van der Waals surface area contributed by atoms with Crippen LogP contribution < -0.4 is 5.32 Å². The van der Waals surface area contributed by atoms with Gasteiger partial charge >= 0.3 is 5.97 Å². The van der Waals surface area contributed by atoms with Gasteiger partial charge in [0, 0.05) is 16.2 Å². The molecule has 0 bridgehead atoms. The third kappa shape index (κ3) is 4.68. The first-order valence-electron chi connectivity index (χ1n) is 7.10. The van der Waals surface area contributed by atoms with Crippen molar-refractivity contribution >= 4 is 40.3 Å². The quantitative estimate of drug-likeness (QED) is 0.760. The van der Waals surface area contributed by atoms with Gasteiger partial charge in [-0.25, -0.2) is 14.8 Å². The number of nitrogens with one attached hydrogen (secondary N) is 1. The van der Waals surface area contributed by atoms with Gasteiger partial charge in [0.05, 0.1) is 13.0 Å². The Balaban J connectivity index is 1.93. The Labute approximate surface area is 146 Å². The summed E-state index contributed by atoms with van der Waals surface area (Å²) in [4.78, 5) is 42.8. The van der Waals surface area contributed by atoms with E-state index in [4.69, 9.17) is 5.11 Å². The smallest absolute Gasteiger partial charge is 0.355 e. The summed E-state index contributed by atoms with van der Waals surface area (Å²) in [5, 5.41) is 15.9. The molecule has 1 amide bonds. The first kappa shape index (κ1) is 18.2. The molecule has 9 heteroatoms. The van der Waals surface area contributed by atoms with Gasteiger partial charge in [0.15, 0.2) is 5.69 Å². The van der Waals surface area contributed by atoms with Crippen LogP contribution in [0.5, 0.6) is 0 Å². The van der Waals surface area contributed by atoms with E-state index >= 15 is 0 Å². The first-order chi connectivity index (χ1) is 11.2. The Kier molecular flexibility index (Phi) is 5.45.